The summed E-state index contributed by atoms with van der Waals surface area (Å²) >= 11 is 3.52. The lowest BCUT2D eigenvalue weighted by Crippen LogP contribution is -2.01. The highest BCUT2D eigenvalue weighted by atomic mass is 32.1. The molecule has 10 heteroatoms. The second-order valence-electron chi connectivity index (χ2n) is 28.9. The Morgan fingerprint density at radius 2 is 0.473 bits per heavy atom. The number of benzene rings is 15. The second kappa shape index (κ2) is 25.6. The summed E-state index contributed by atoms with van der Waals surface area (Å²) in [5, 5.41) is 11.9. The van der Waals surface area contributed by atoms with Crippen LogP contribution in [0.1, 0.15) is 0 Å². The number of fused-ring (bicyclic) bond motifs is 14. The number of rotatable bonds is 12. The third-order valence-electron chi connectivity index (χ3n) is 22.4. The lowest BCUT2D eigenvalue weighted by Gasteiger charge is -2.16. The third-order valence-corrected chi connectivity index (χ3v) is 24.6. The van der Waals surface area contributed by atoms with Gasteiger partial charge in [0.25, 0.3) is 0 Å². The summed E-state index contributed by atoms with van der Waals surface area (Å²) in [7, 11) is 0. The summed E-state index contributed by atoms with van der Waals surface area (Å²) in [5.41, 5.74) is 24.8. The summed E-state index contributed by atoms with van der Waals surface area (Å²) in [4.78, 5) is 24.1. The Morgan fingerprint density at radius 3 is 0.875 bits per heavy atom. The fourth-order valence-electron chi connectivity index (χ4n) is 17.2. The van der Waals surface area contributed by atoms with Gasteiger partial charge in [0.15, 0.2) is 11.6 Å². The maximum absolute atomic E-state index is 5.63. The van der Waals surface area contributed by atoms with E-state index in [1.165, 1.54) is 52.5 Å². The molecule has 0 fully saturated rings. The third kappa shape index (κ3) is 10.5. The van der Waals surface area contributed by atoms with Gasteiger partial charge >= 0.3 is 0 Å². The van der Waals surface area contributed by atoms with Crippen LogP contribution in [0.3, 0.4) is 0 Å². The zero-order chi connectivity index (χ0) is 73.5. The van der Waals surface area contributed by atoms with E-state index in [0.717, 1.165) is 155 Å². The van der Waals surface area contributed by atoms with Crippen molar-refractivity contribution in [3.8, 4) is 111 Å². The van der Waals surface area contributed by atoms with Crippen LogP contribution in [0.2, 0.25) is 0 Å². The van der Waals surface area contributed by atoms with Crippen molar-refractivity contribution in [2.24, 2.45) is 0 Å². The number of nitrogens with zero attached hydrogens (tertiary/aromatic N) is 8. The lowest BCUT2D eigenvalue weighted by atomic mass is 9.97. The summed E-state index contributed by atoms with van der Waals surface area (Å²) in [6.45, 7) is 0. The average Bonchev–Trinajstić information content (AvgIpc) is 1.57. The van der Waals surface area contributed by atoms with E-state index in [4.69, 9.17) is 19.9 Å². The molecule has 8 nitrogen and oxygen atoms in total. The predicted octanol–water partition coefficient (Wildman–Crippen LogP) is 27.4. The largest absolute Gasteiger partial charge is 0.309 e. The number of hydrogen-bond donors (Lipinski definition) is 0. The van der Waals surface area contributed by atoms with Crippen LogP contribution in [0.25, 0.3) is 219 Å². The Labute approximate surface area is 651 Å². The smallest absolute Gasteiger partial charge is 0.160 e. The molecule has 0 aliphatic rings. The molecule has 112 heavy (non-hydrogen) atoms. The molecule has 0 N–H and O–H groups in total. The maximum atomic E-state index is 5.63. The highest BCUT2D eigenvalue weighted by Gasteiger charge is 2.24. The van der Waals surface area contributed by atoms with E-state index in [9.17, 15) is 0 Å². The van der Waals surface area contributed by atoms with Crippen LogP contribution in [0.5, 0.6) is 0 Å². The van der Waals surface area contributed by atoms with Crippen LogP contribution < -0.4 is 0 Å². The van der Waals surface area contributed by atoms with Crippen LogP contribution >= 0.6 is 22.7 Å². The molecule has 0 aliphatic carbocycles. The van der Waals surface area contributed by atoms with E-state index in [-0.39, 0.29) is 0 Å². The molecule has 8 heterocycles. The van der Waals surface area contributed by atoms with Crippen LogP contribution in [-0.2, 0) is 0 Å². The summed E-state index contributed by atoms with van der Waals surface area (Å²) < 4.78 is 12.1. The minimum Gasteiger partial charge on any atom is -0.309 e. The maximum Gasteiger partial charge on any atom is 0.160 e. The van der Waals surface area contributed by atoms with Gasteiger partial charge in [-0.3, -0.25) is 0 Å². The predicted molar refractivity (Wildman–Crippen MR) is 469 cm³/mol. The van der Waals surface area contributed by atoms with E-state index in [1.54, 1.807) is 22.7 Å². The number of thiophene rings is 2. The topological polar surface area (TPSA) is 71.3 Å². The van der Waals surface area contributed by atoms with Crippen molar-refractivity contribution in [3.05, 3.63) is 376 Å². The fraction of sp³-hybridized carbons (Fsp3) is 0. The van der Waals surface area contributed by atoms with Crippen LogP contribution in [0.4, 0.5) is 0 Å². The lowest BCUT2D eigenvalue weighted by molar-refractivity contribution is 1.13. The molecule has 0 amide bonds. The Morgan fingerprint density at radius 1 is 0.179 bits per heavy atom. The van der Waals surface area contributed by atoms with Crippen molar-refractivity contribution in [1.29, 1.82) is 0 Å². The summed E-state index contributed by atoms with van der Waals surface area (Å²) in [6, 6.07) is 136. The van der Waals surface area contributed by atoms with Gasteiger partial charge in [-0.15, -0.1) is 22.7 Å². The van der Waals surface area contributed by atoms with Gasteiger partial charge in [-0.25, -0.2) is 19.9 Å². The quantitative estimate of drug-likeness (QED) is 0.122. The Hall–Kier alpha value is -14.4. The Balaban J connectivity index is 0.645. The van der Waals surface area contributed by atoms with Gasteiger partial charge in [-0.2, -0.15) is 0 Å². The van der Waals surface area contributed by atoms with Gasteiger partial charge < -0.3 is 18.3 Å². The molecule has 0 spiro atoms. The molecule has 23 rings (SSSR count). The normalized spacial score (nSPS) is 11.9. The molecule has 8 aromatic heterocycles. The van der Waals surface area contributed by atoms with E-state index >= 15 is 0 Å². The molecular formula is C102H62N8S2. The molecular weight excluding hydrogens is 1400 g/mol. The molecule has 0 unspecified atom stereocenters. The number of para-hydroxylation sites is 7. The first-order valence-corrected chi connectivity index (χ1v) is 39.4. The Bertz CT molecular complexity index is 7420. The SMILES string of the molecule is c1ccc(-c2nc(-c3cc(-n4c5ccccc5c5ccccc54)cc(-n4c5ccccc5c5cc(-c6cccc(-c7ccc(-c8nc(-c9cc(-n%10c%11ccccc%11c%11ccccc%11%10)cc(-n%10c%11ccccc%11c%11ccccc%11%10)c9)cc(-c9cc%10ccccc%10s9)n8)cc7)c6)ccc54)c3)cc(-c3cc4ccccc4s3)n2)cc1. The van der Waals surface area contributed by atoms with Gasteiger partial charge in [0, 0.05) is 97.5 Å². The summed E-state index contributed by atoms with van der Waals surface area (Å²) in [5.74, 6) is 1.33. The number of aromatic nitrogens is 8. The van der Waals surface area contributed by atoms with Crippen molar-refractivity contribution >= 4 is 130 Å². The van der Waals surface area contributed by atoms with Crippen molar-refractivity contribution in [2.45, 2.75) is 0 Å². The number of hydrogen-bond acceptors (Lipinski definition) is 6. The molecule has 0 radical (unpaired) electrons. The molecule has 0 aliphatic heterocycles. The monoisotopic (exact) mass is 1460 g/mol. The van der Waals surface area contributed by atoms with E-state index in [2.05, 4.69) is 388 Å². The van der Waals surface area contributed by atoms with Gasteiger partial charge in [0.2, 0.25) is 0 Å². The summed E-state index contributed by atoms with van der Waals surface area (Å²) in [6.07, 6.45) is 0. The molecule has 0 atom stereocenters. The van der Waals surface area contributed by atoms with Crippen LogP contribution in [-0.4, -0.2) is 38.2 Å². The molecule has 23 aromatic rings. The van der Waals surface area contributed by atoms with Crippen molar-refractivity contribution in [3.63, 3.8) is 0 Å². The van der Waals surface area contributed by atoms with Crippen molar-refractivity contribution in [2.75, 3.05) is 0 Å². The van der Waals surface area contributed by atoms with E-state index < -0.39 is 0 Å². The van der Waals surface area contributed by atoms with Crippen LogP contribution in [0, 0.1) is 0 Å². The van der Waals surface area contributed by atoms with Gasteiger partial charge in [0.05, 0.1) is 76.7 Å². The first kappa shape index (κ1) is 63.7. The first-order chi connectivity index (χ1) is 55.5. The molecule has 0 bridgehead atoms. The van der Waals surface area contributed by atoms with Crippen molar-refractivity contribution < 1.29 is 0 Å². The standard InChI is InChI=1S/C102H62N8S2/c1-2-23-64(24-3-1)101-103-85(61-87(105-101)99-57-69-25-4-20-43-97(69)111-99)72-54-75(109-93-40-17-10-33-81(93)82-34-11-18-41-94(82)109)60-76(55-72)110-95-42-19-12-35-83(95)84-56-68(49-50-96(84)110)67-28-22-27-66(51-67)63-45-47-65(48-46-63)102-104-86(62-88(106-102)100-58-70-26-5-21-44-98(70)112-100)71-52-73(107-89-36-13-6-29-77(89)78-30-7-14-37-90(78)107)59-74(53-71)108-91-38-15-8-31-79(91)80-32-9-16-39-92(80)108/h1-62H. The highest BCUT2D eigenvalue weighted by molar-refractivity contribution is 7.22. The zero-order valence-corrected chi connectivity index (χ0v) is 61.8. The van der Waals surface area contributed by atoms with Crippen LogP contribution in [0.15, 0.2) is 376 Å². The first-order valence-electron chi connectivity index (χ1n) is 37.8. The molecule has 0 saturated carbocycles. The van der Waals surface area contributed by atoms with E-state index in [0.29, 0.717) is 11.6 Å². The highest BCUT2D eigenvalue weighted by Crippen LogP contribution is 2.45. The van der Waals surface area contributed by atoms with Gasteiger partial charge in [-0.05, 0) is 166 Å². The Kier molecular flexibility index (Phi) is 14.6. The molecule has 522 valence electrons. The minimum absolute atomic E-state index is 0.649. The fourth-order valence-corrected chi connectivity index (χ4v) is 19.3. The zero-order valence-electron chi connectivity index (χ0n) is 60.2. The molecule has 15 aromatic carbocycles. The second-order valence-corrected chi connectivity index (χ2v) is 31.1. The van der Waals surface area contributed by atoms with Crippen molar-refractivity contribution in [1.82, 2.24) is 38.2 Å². The van der Waals surface area contributed by atoms with Gasteiger partial charge in [-0.1, -0.05) is 243 Å². The minimum atomic E-state index is 0.649. The average molecular weight is 1460 g/mol. The van der Waals surface area contributed by atoms with E-state index in [1.807, 2.05) is 6.07 Å². The van der Waals surface area contributed by atoms with Gasteiger partial charge in [0.1, 0.15) is 0 Å². The molecule has 0 saturated heterocycles.